The number of urea groups is 1. The van der Waals surface area contributed by atoms with E-state index in [4.69, 9.17) is 0 Å². The number of rotatable bonds is 3. The average molecular weight is 295 g/mol. The van der Waals surface area contributed by atoms with Crippen LogP contribution in [-0.2, 0) is 22.6 Å². The van der Waals surface area contributed by atoms with Gasteiger partial charge in [-0.15, -0.1) is 0 Å². The lowest BCUT2D eigenvalue weighted by Crippen LogP contribution is -2.55. The molecule has 0 saturated heterocycles. The predicted octanol–water partition coefficient (Wildman–Crippen LogP) is -0.935. The van der Waals surface area contributed by atoms with Gasteiger partial charge in [0.25, 0.3) is 0 Å². The lowest BCUT2D eigenvalue weighted by atomic mass is 10.0. The summed E-state index contributed by atoms with van der Waals surface area (Å²) in [5.74, 6) is -1.46. The molecule has 114 valence electrons. The fraction of sp³-hybridized carbons (Fsp3) is 0.500. The van der Waals surface area contributed by atoms with Crippen LogP contribution in [0.1, 0.15) is 18.3 Å². The number of carboxylic acid groups (broad SMARTS) is 1. The van der Waals surface area contributed by atoms with Gasteiger partial charge in [0.05, 0.1) is 24.3 Å². The quantitative estimate of drug-likeness (QED) is 0.572. The molecule has 0 aromatic carbocycles. The highest BCUT2D eigenvalue weighted by atomic mass is 16.4. The second-order valence-electron chi connectivity index (χ2n) is 4.80. The van der Waals surface area contributed by atoms with Gasteiger partial charge in [-0.2, -0.15) is 0 Å². The van der Waals surface area contributed by atoms with Crippen molar-refractivity contribution in [1.29, 1.82) is 0 Å². The van der Waals surface area contributed by atoms with Crippen molar-refractivity contribution in [3.63, 3.8) is 0 Å². The summed E-state index contributed by atoms with van der Waals surface area (Å²) in [5.41, 5.74) is 1.35. The number of likely N-dealkylation sites (N-methyl/N-ethyl adjacent to an activating group) is 1. The van der Waals surface area contributed by atoms with Gasteiger partial charge < -0.3 is 25.6 Å². The van der Waals surface area contributed by atoms with E-state index in [0.29, 0.717) is 11.4 Å². The molecule has 2 rings (SSSR count). The summed E-state index contributed by atoms with van der Waals surface area (Å²) in [6.45, 7) is 1.64. The third kappa shape index (κ3) is 2.96. The van der Waals surface area contributed by atoms with Crippen LogP contribution in [0.3, 0.4) is 0 Å². The Morgan fingerprint density at radius 2 is 2.24 bits per heavy atom. The van der Waals surface area contributed by atoms with Crippen molar-refractivity contribution in [2.75, 3.05) is 7.05 Å². The molecule has 2 atom stereocenters. The number of carbonyl (C=O) groups excluding carboxylic acids is 2. The van der Waals surface area contributed by atoms with Crippen LogP contribution in [0.5, 0.6) is 0 Å². The Labute approximate surface area is 120 Å². The van der Waals surface area contributed by atoms with E-state index < -0.39 is 24.1 Å². The number of hydrogen-bond acceptors (Lipinski definition) is 4. The molecule has 1 aliphatic rings. The Morgan fingerprint density at radius 3 is 2.86 bits per heavy atom. The maximum atomic E-state index is 12.2. The summed E-state index contributed by atoms with van der Waals surface area (Å²) >= 11 is 0. The van der Waals surface area contributed by atoms with Gasteiger partial charge in [0.1, 0.15) is 12.1 Å². The van der Waals surface area contributed by atoms with E-state index in [1.165, 1.54) is 25.2 Å². The van der Waals surface area contributed by atoms with Crippen molar-refractivity contribution in [3.8, 4) is 0 Å². The molecular formula is C12H17N5O4. The Kier molecular flexibility index (Phi) is 4.10. The minimum absolute atomic E-state index is 0.110. The van der Waals surface area contributed by atoms with Crippen molar-refractivity contribution in [2.45, 2.75) is 32.0 Å². The van der Waals surface area contributed by atoms with Crippen molar-refractivity contribution in [2.24, 2.45) is 0 Å². The van der Waals surface area contributed by atoms with Gasteiger partial charge >= 0.3 is 12.0 Å². The van der Waals surface area contributed by atoms with E-state index in [2.05, 4.69) is 20.6 Å². The molecule has 0 spiro atoms. The number of nitrogens with zero attached hydrogens (tertiary/aromatic N) is 2. The fourth-order valence-electron chi connectivity index (χ4n) is 2.22. The Morgan fingerprint density at radius 1 is 1.52 bits per heavy atom. The number of carboxylic acids is 1. The lowest BCUT2D eigenvalue weighted by molar-refractivity contribution is -0.142. The molecule has 9 heteroatoms. The average Bonchev–Trinajstić information content (AvgIpc) is 2.91. The van der Waals surface area contributed by atoms with Gasteiger partial charge in [0, 0.05) is 13.5 Å². The molecule has 0 radical (unpaired) electrons. The number of nitrogens with one attached hydrogen (secondary N) is 3. The second-order valence-corrected chi connectivity index (χ2v) is 4.80. The Hall–Kier alpha value is -2.58. The van der Waals surface area contributed by atoms with Gasteiger partial charge in [-0.05, 0) is 6.92 Å². The molecular weight excluding hydrogens is 278 g/mol. The first kappa shape index (κ1) is 14.8. The normalized spacial score (nSPS) is 18.6. The zero-order valence-electron chi connectivity index (χ0n) is 11.7. The number of aliphatic carboxylic acids is 1. The van der Waals surface area contributed by atoms with Crippen LogP contribution in [0, 0.1) is 0 Å². The monoisotopic (exact) mass is 295 g/mol. The minimum Gasteiger partial charge on any atom is -0.480 e. The summed E-state index contributed by atoms with van der Waals surface area (Å²) in [6.07, 6.45) is 1.61. The number of fused-ring (bicyclic) bond motifs is 1. The second kappa shape index (κ2) is 5.81. The maximum absolute atomic E-state index is 12.2. The van der Waals surface area contributed by atoms with Crippen LogP contribution >= 0.6 is 0 Å². The van der Waals surface area contributed by atoms with Crippen molar-refractivity contribution >= 4 is 17.9 Å². The fourth-order valence-corrected chi connectivity index (χ4v) is 2.22. The van der Waals surface area contributed by atoms with E-state index >= 15 is 0 Å². The number of H-pyrrole nitrogens is 1. The predicted molar refractivity (Wildman–Crippen MR) is 71.3 cm³/mol. The topological polar surface area (TPSA) is 127 Å². The highest BCUT2D eigenvalue weighted by Gasteiger charge is 2.36. The molecule has 2 unspecified atom stereocenters. The largest absolute Gasteiger partial charge is 0.480 e. The van der Waals surface area contributed by atoms with Gasteiger partial charge in [0.15, 0.2) is 0 Å². The number of carbonyl (C=O) groups is 3. The number of aromatic nitrogens is 2. The molecule has 1 aromatic rings. The summed E-state index contributed by atoms with van der Waals surface area (Å²) in [7, 11) is 1.46. The van der Waals surface area contributed by atoms with Crippen molar-refractivity contribution in [1.82, 2.24) is 25.5 Å². The Balaban J connectivity index is 2.14. The standard InChI is InChI=1S/C12H17N5O4/c1-6(10(18)13-2)16-12(21)17-4-8-7(14-5-15-8)3-9(17)11(19)20/h5-6,9H,3-4H2,1-2H3,(H,13,18)(H,14,15)(H,16,21)(H,19,20). The van der Waals surface area contributed by atoms with Gasteiger partial charge in [-0.1, -0.05) is 0 Å². The van der Waals surface area contributed by atoms with Crippen LogP contribution in [0.2, 0.25) is 0 Å². The zero-order chi connectivity index (χ0) is 15.6. The third-order valence-corrected chi connectivity index (χ3v) is 3.42. The first-order chi connectivity index (χ1) is 9.93. The summed E-state index contributed by atoms with van der Waals surface area (Å²) in [6, 6.07) is -2.35. The molecule has 1 aromatic heterocycles. The van der Waals surface area contributed by atoms with E-state index in [1.807, 2.05) is 0 Å². The molecule has 0 fully saturated rings. The Bertz CT molecular complexity index is 570. The molecule has 2 heterocycles. The number of amides is 3. The van der Waals surface area contributed by atoms with Crippen LogP contribution in [0.25, 0.3) is 0 Å². The summed E-state index contributed by atoms with van der Waals surface area (Å²) < 4.78 is 0. The van der Waals surface area contributed by atoms with Crippen LogP contribution in [-0.4, -0.2) is 57.0 Å². The molecule has 1 aliphatic heterocycles. The van der Waals surface area contributed by atoms with E-state index in [1.54, 1.807) is 0 Å². The molecule has 21 heavy (non-hydrogen) atoms. The van der Waals surface area contributed by atoms with Crippen molar-refractivity contribution < 1.29 is 19.5 Å². The molecule has 9 nitrogen and oxygen atoms in total. The van der Waals surface area contributed by atoms with Crippen molar-refractivity contribution in [3.05, 3.63) is 17.7 Å². The summed E-state index contributed by atoms with van der Waals surface area (Å²) in [4.78, 5) is 43.1. The van der Waals surface area contributed by atoms with Crippen LogP contribution < -0.4 is 10.6 Å². The number of imidazole rings is 1. The zero-order valence-corrected chi connectivity index (χ0v) is 11.7. The van der Waals surface area contributed by atoms with Gasteiger partial charge in [-0.25, -0.2) is 14.6 Å². The number of hydrogen-bond donors (Lipinski definition) is 4. The van der Waals surface area contributed by atoms with Gasteiger partial charge in [-0.3, -0.25) is 4.79 Å². The van der Waals surface area contributed by atoms with Gasteiger partial charge in [0.2, 0.25) is 5.91 Å². The lowest BCUT2D eigenvalue weighted by Gasteiger charge is -2.33. The summed E-state index contributed by atoms with van der Waals surface area (Å²) in [5, 5.41) is 14.2. The molecule has 3 amide bonds. The smallest absolute Gasteiger partial charge is 0.326 e. The van der Waals surface area contributed by atoms with Crippen LogP contribution in [0.15, 0.2) is 6.33 Å². The first-order valence-corrected chi connectivity index (χ1v) is 6.46. The number of aromatic amines is 1. The molecule has 0 saturated carbocycles. The molecule has 4 N–H and O–H groups in total. The highest BCUT2D eigenvalue weighted by molar-refractivity contribution is 5.88. The van der Waals surface area contributed by atoms with E-state index in [9.17, 15) is 19.5 Å². The molecule has 0 bridgehead atoms. The highest BCUT2D eigenvalue weighted by Crippen LogP contribution is 2.20. The van der Waals surface area contributed by atoms with E-state index in [-0.39, 0.29) is 18.9 Å². The third-order valence-electron chi connectivity index (χ3n) is 3.42. The maximum Gasteiger partial charge on any atom is 0.326 e. The SMILES string of the molecule is CNC(=O)C(C)NC(=O)N1Cc2[nH]cnc2CC1C(=O)O. The first-order valence-electron chi connectivity index (χ1n) is 6.46. The van der Waals surface area contributed by atoms with Crippen LogP contribution in [0.4, 0.5) is 4.79 Å². The minimum atomic E-state index is -1.11. The van der Waals surface area contributed by atoms with E-state index in [0.717, 1.165) is 0 Å². The molecule has 0 aliphatic carbocycles.